The molecule has 0 aliphatic carbocycles. The van der Waals surface area contributed by atoms with Crippen LogP contribution in [0.25, 0.3) is 0 Å². The molecule has 140 valence electrons. The summed E-state index contributed by atoms with van der Waals surface area (Å²) in [6, 6.07) is 7.07. The minimum atomic E-state index is -4.33. The molecule has 0 saturated heterocycles. The van der Waals surface area contributed by atoms with Gasteiger partial charge in [0, 0.05) is 10.0 Å². The highest BCUT2D eigenvalue weighted by Gasteiger charge is 2.36. The van der Waals surface area contributed by atoms with E-state index in [1.807, 2.05) is 0 Å². The van der Waals surface area contributed by atoms with Crippen molar-refractivity contribution in [1.82, 2.24) is 0 Å². The van der Waals surface area contributed by atoms with Crippen molar-refractivity contribution in [2.75, 3.05) is 11.4 Å². The lowest BCUT2D eigenvalue weighted by Crippen LogP contribution is -2.42. The van der Waals surface area contributed by atoms with Crippen LogP contribution in [-0.4, -0.2) is 26.8 Å². The number of anilines is 1. The van der Waals surface area contributed by atoms with Crippen LogP contribution in [-0.2, 0) is 14.8 Å². The van der Waals surface area contributed by atoms with E-state index in [-0.39, 0.29) is 31.4 Å². The molecule has 0 fully saturated rings. The minimum absolute atomic E-state index is 0.0394. The van der Waals surface area contributed by atoms with Crippen LogP contribution in [0.5, 0.6) is 5.75 Å². The normalized spacial score (nSPS) is 12.5. The van der Waals surface area contributed by atoms with Crippen molar-refractivity contribution in [2.45, 2.75) is 17.9 Å². The maximum atomic E-state index is 13.3. The Morgan fingerprint density at radius 3 is 2.23 bits per heavy atom. The zero-order valence-electron chi connectivity index (χ0n) is 13.5. The molecule has 0 amide bonds. The average Bonchev–Trinajstić information content (AvgIpc) is 2.57. The molecule has 0 spiro atoms. The van der Waals surface area contributed by atoms with Crippen molar-refractivity contribution in [2.24, 2.45) is 0 Å². The predicted octanol–water partition coefficient (Wildman–Crippen LogP) is 5.00. The Morgan fingerprint density at radius 1 is 1.08 bits per heavy atom. The Morgan fingerprint density at radius 2 is 1.65 bits per heavy atom. The van der Waals surface area contributed by atoms with E-state index in [4.69, 9.17) is 51.1 Å². The number of carbonyl (C=O) groups excluding carboxylic acids is 1. The number of methoxy groups -OCH3 is 1. The van der Waals surface area contributed by atoms with Gasteiger partial charge in [0.1, 0.15) is 16.7 Å². The van der Waals surface area contributed by atoms with Gasteiger partial charge >= 0.3 is 0 Å². The third kappa shape index (κ3) is 4.21. The second-order valence-corrected chi connectivity index (χ2v) is 8.61. The summed E-state index contributed by atoms with van der Waals surface area (Å²) in [5.74, 6) is 0.181. The number of ether oxygens (including phenoxy) is 1. The standard InChI is InChI=1S/C16H13Cl4NO4S/c1-9(16(20)22)21(13-7-10(17)4-6-14(13)25-2)26(23,24)15-8-11(18)3-5-12(15)19/h3-9H,1-2H3. The number of hydrogen-bond donors (Lipinski definition) is 0. The van der Waals surface area contributed by atoms with Gasteiger partial charge in [-0.2, -0.15) is 0 Å². The van der Waals surface area contributed by atoms with Crippen molar-refractivity contribution >= 4 is 67.4 Å². The fraction of sp³-hybridized carbons (Fsp3) is 0.188. The lowest BCUT2D eigenvalue weighted by molar-refractivity contribution is -0.112. The number of hydrogen-bond acceptors (Lipinski definition) is 4. The summed E-state index contributed by atoms with van der Waals surface area (Å²) >= 11 is 23.6. The van der Waals surface area contributed by atoms with E-state index < -0.39 is 21.3 Å². The van der Waals surface area contributed by atoms with Crippen molar-refractivity contribution in [3.8, 4) is 5.75 Å². The number of halogens is 4. The number of rotatable bonds is 6. The number of benzene rings is 2. The van der Waals surface area contributed by atoms with Crippen LogP contribution in [0.1, 0.15) is 6.92 Å². The molecular formula is C16H13Cl4NO4S. The number of sulfonamides is 1. The van der Waals surface area contributed by atoms with Gasteiger partial charge in [-0.05, 0) is 54.9 Å². The maximum absolute atomic E-state index is 13.3. The lowest BCUT2D eigenvalue weighted by Gasteiger charge is -2.30. The highest BCUT2D eigenvalue weighted by atomic mass is 35.5. The number of nitrogens with zero attached hydrogens (tertiary/aromatic N) is 1. The average molecular weight is 457 g/mol. The largest absolute Gasteiger partial charge is 0.495 e. The van der Waals surface area contributed by atoms with E-state index in [9.17, 15) is 13.2 Å². The molecule has 26 heavy (non-hydrogen) atoms. The molecule has 0 aliphatic heterocycles. The second kappa shape index (κ2) is 8.23. The molecule has 10 heteroatoms. The Kier molecular flexibility index (Phi) is 6.69. The van der Waals surface area contributed by atoms with E-state index in [1.165, 1.54) is 50.4 Å². The molecule has 1 atom stereocenters. The zero-order chi connectivity index (χ0) is 19.6. The van der Waals surface area contributed by atoms with Gasteiger partial charge in [0.25, 0.3) is 10.0 Å². The summed E-state index contributed by atoms with van der Waals surface area (Å²) in [7, 11) is -2.97. The Bertz CT molecular complexity index is 949. The summed E-state index contributed by atoms with van der Waals surface area (Å²) < 4.78 is 32.6. The van der Waals surface area contributed by atoms with Gasteiger partial charge in [-0.15, -0.1) is 0 Å². The van der Waals surface area contributed by atoms with Crippen molar-refractivity contribution in [1.29, 1.82) is 0 Å². The van der Waals surface area contributed by atoms with E-state index in [1.54, 1.807) is 0 Å². The Balaban J connectivity index is 2.80. The first-order chi connectivity index (χ1) is 12.1. The summed E-state index contributed by atoms with van der Waals surface area (Å²) in [6.45, 7) is 1.34. The van der Waals surface area contributed by atoms with Crippen LogP contribution < -0.4 is 9.04 Å². The Hall–Kier alpha value is -1.18. The first-order valence-corrected chi connectivity index (χ1v) is 10.1. The third-order valence-corrected chi connectivity index (χ3v) is 6.64. The quantitative estimate of drug-likeness (QED) is 0.573. The molecule has 0 aliphatic rings. The first kappa shape index (κ1) is 21.1. The molecule has 2 aromatic rings. The monoisotopic (exact) mass is 455 g/mol. The molecule has 1 unspecified atom stereocenters. The fourth-order valence-electron chi connectivity index (χ4n) is 2.25. The van der Waals surface area contributed by atoms with Crippen LogP contribution in [0.2, 0.25) is 15.1 Å². The van der Waals surface area contributed by atoms with E-state index in [0.717, 1.165) is 4.31 Å². The number of carbonyl (C=O) groups is 1. The summed E-state index contributed by atoms with van der Waals surface area (Å²) in [5, 5.41) is -0.549. The molecule has 0 bridgehead atoms. The molecular weight excluding hydrogens is 444 g/mol. The second-order valence-electron chi connectivity index (χ2n) is 5.17. The van der Waals surface area contributed by atoms with Crippen molar-refractivity contribution in [3.63, 3.8) is 0 Å². The van der Waals surface area contributed by atoms with Crippen LogP contribution in [0.3, 0.4) is 0 Å². The smallest absolute Gasteiger partial charge is 0.266 e. The third-order valence-electron chi connectivity index (χ3n) is 3.49. The van der Waals surface area contributed by atoms with Gasteiger partial charge in [0.05, 0.1) is 17.8 Å². The minimum Gasteiger partial charge on any atom is -0.495 e. The molecule has 2 rings (SSSR count). The van der Waals surface area contributed by atoms with Gasteiger partial charge in [-0.25, -0.2) is 8.42 Å². The van der Waals surface area contributed by atoms with Gasteiger partial charge in [0.15, 0.2) is 0 Å². The molecule has 2 aromatic carbocycles. The van der Waals surface area contributed by atoms with Gasteiger partial charge < -0.3 is 4.74 Å². The molecule has 0 radical (unpaired) electrons. The van der Waals surface area contributed by atoms with Crippen molar-refractivity contribution in [3.05, 3.63) is 51.5 Å². The summed E-state index contributed by atoms with van der Waals surface area (Å²) in [5.41, 5.74) is 0.0394. The van der Waals surface area contributed by atoms with Crippen molar-refractivity contribution < 1.29 is 17.9 Å². The van der Waals surface area contributed by atoms with Gasteiger partial charge in [-0.1, -0.05) is 34.8 Å². The summed E-state index contributed by atoms with van der Waals surface area (Å²) in [6.07, 6.45) is 0. The topological polar surface area (TPSA) is 63.7 Å². The zero-order valence-corrected chi connectivity index (χ0v) is 17.4. The molecule has 0 saturated carbocycles. The first-order valence-electron chi connectivity index (χ1n) is 7.12. The van der Waals surface area contributed by atoms with Crippen LogP contribution in [0.15, 0.2) is 41.3 Å². The predicted molar refractivity (Wildman–Crippen MR) is 104 cm³/mol. The van der Waals surface area contributed by atoms with Gasteiger partial charge in [0.2, 0.25) is 5.24 Å². The lowest BCUT2D eigenvalue weighted by atomic mass is 10.2. The highest BCUT2D eigenvalue weighted by molar-refractivity contribution is 7.93. The van der Waals surface area contributed by atoms with Crippen LogP contribution in [0, 0.1) is 0 Å². The van der Waals surface area contributed by atoms with Gasteiger partial charge in [-0.3, -0.25) is 9.10 Å². The molecule has 5 nitrogen and oxygen atoms in total. The molecule has 0 aromatic heterocycles. The molecule has 0 heterocycles. The molecule has 0 N–H and O–H groups in total. The fourth-order valence-corrected chi connectivity index (χ4v) is 4.94. The highest BCUT2D eigenvalue weighted by Crippen LogP contribution is 2.38. The summed E-state index contributed by atoms with van der Waals surface area (Å²) in [4.78, 5) is 11.5. The van der Waals surface area contributed by atoms with Crippen LogP contribution >= 0.6 is 46.4 Å². The van der Waals surface area contributed by atoms with Crippen LogP contribution in [0.4, 0.5) is 5.69 Å². The maximum Gasteiger partial charge on any atom is 0.266 e. The SMILES string of the molecule is COc1ccc(Cl)cc1N(C(C)C(=O)Cl)S(=O)(=O)c1cc(Cl)ccc1Cl. The van der Waals surface area contributed by atoms with E-state index >= 15 is 0 Å². The Labute approximate surface area is 171 Å². The van der Waals surface area contributed by atoms with E-state index in [0.29, 0.717) is 0 Å². The van der Waals surface area contributed by atoms with E-state index in [2.05, 4.69) is 0 Å².